The van der Waals surface area contributed by atoms with Gasteiger partial charge in [0.2, 0.25) is 11.6 Å². The van der Waals surface area contributed by atoms with Gasteiger partial charge in [-0.05, 0) is 42.5 Å². The number of hydrazine groups is 1. The highest BCUT2D eigenvalue weighted by Gasteiger charge is 2.77. The van der Waals surface area contributed by atoms with Crippen LogP contribution in [0.2, 0.25) is 0 Å². The highest BCUT2D eigenvalue weighted by Crippen LogP contribution is 2.68. The molecule has 1 aromatic rings. The third-order valence-electron chi connectivity index (χ3n) is 6.32. The molecule has 132 valence electrons. The van der Waals surface area contributed by atoms with Gasteiger partial charge in [-0.15, -0.1) is 0 Å². The van der Waals surface area contributed by atoms with Crippen LogP contribution in [0.1, 0.15) is 44.0 Å². The van der Waals surface area contributed by atoms with Crippen LogP contribution in [0, 0.1) is 16.2 Å². The van der Waals surface area contributed by atoms with Gasteiger partial charge in [0.05, 0.1) is 0 Å². The van der Waals surface area contributed by atoms with Crippen molar-refractivity contribution in [2.24, 2.45) is 16.2 Å². The van der Waals surface area contributed by atoms with Crippen LogP contribution < -0.4 is 10.9 Å². The minimum Gasteiger partial charge on any atom is -0.290 e. The highest BCUT2D eigenvalue weighted by atomic mass is 79.9. The molecule has 2 aliphatic rings. The summed E-state index contributed by atoms with van der Waals surface area (Å²) in [6.07, 6.45) is 0.791. The van der Waals surface area contributed by atoms with E-state index in [9.17, 15) is 19.2 Å². The summed E-state index contributed by atoms with van der Waals surface area (Å²) in [5, 5.41) is 0. The Kier molecular flexibility index (Phi) is 3.91. The van der Waals surface area contributed by atoms with Crippen molar-refractivity contribution in [3.63, 3.8) is 0 Å². The summed E-state index contributed by atoms with van der Waals surface area (Å²) in [6.45, 7) is 5.30. The lowest BCUT2D eigenvalue weighted by Crippen LogP contribution is -2.55. The Morgan fingerprint density at radius 3 is 2.08 bits per heavy atom. The van der Waals surface area contributed by atoms with Gasteiger partial charge in [0.25, 0.3) is 11.8 Å². The van der Waals surface area contributed by atoms with Crippen molar-refractivity contribution in [1.29, 1.82) is 0 Å². The van der Waals surface area contributed by atoms with E-state index in [1.807, 2.05) is 0 Å². The summed E-state index contributed by atoms with van der Waals surface area (Å²) in [6, 6.07) is 6.62. The number of hydrogen-bond acceptors (Lipinski definition) is 4. The van der Waals surface area contributed by atoms with Crippen LogP contribution in [0.15, 0.2) is 28.7 Å². The first kappa shape index (κ1) is 17.8. The van der Waals surface area contributed by atoms with Crippen LogP contribution in [0.4, 0.5) is 0 Å². The van der Waals surface area contributed by atoms with E-state index in [0.29, 0.717) is 18.4 Å². The van der Waals surface area contributed by atoms with E-state index in [4.69, 9.17) is 0 Å². The summed E-state index contributed by atoms with van der Waals surface area (Å²) >= 11 is 3.28. The van der Waals surface area contributed by atoms with Crippen molar-refractivity contribution in [3.8, 4) is 0 Å². The first-order chi connectivity index (χ1) is 11.6. The summed E-state index contributed by atoms with van der Waals surface area (Å²) in [5.74, 6) is -2.25. The molecule has 1 aromatic carbocycles. The molecule has 0 saturated heterocycles. The number of carbonyl (C=O) groups excluding carboxylic acids is 4. The largest absolute Gasteiger partial charge is 0.290 e. The van der Waals surface area contributed by atoms with E-state index in [0.717, 1.165) is 4.47 Å². The van der Waals surface area contributed by atoms with Gasteiger partial charge in [0.15, 0.2) is 0 Å². The molecule has 2 saturated carbocycles. The molecule has 2 atom stereocenters. The molecular weight excluding hydrogens is 388 g/mol. The second-order valence-electron chi connectivity index (χ2n) is 7.44. The average Bonchev–Trinajstić information content (AvgIpc) is 2.85. The van der Waals surface area contributed by atoms with Crippen LogP contribution >= 0.6 is 15.9 Å². The molecule has 0 aliphatic heterocycles. The monoisotopic (exact) mass is 406 g/mol. The molecule has 0 radical (unpaired) electrons. The Hall–Kier alpha value is -2.02. The fourth-order valence-corrected chi connectivity index (χ4v) is 4.43. The Morgan fingerprint density at radius 1 is 0.960 bits per heavy atom. The Labute approximate surface area is 153 Å². The second-order valence-corrected chi connectivity index (χ2v) is 8.35. The topological polar surface area (TPSA) is 92.3 Å². The number of amides is 2. The first-order valence-electron chi connectivity index (χ1n) is 8.03. The standard InChI is InChI=1S/C18H19BrN2O4/c1-16(2)17(3)8-9-18(16,13(23)12(17)22)15(25)21-20-14(24)10-4-6-11(19)7-5-10/h4-7H,8-9H2,1-3H3,(H,20,24)(H,21,25). The smallest absolute Gasteiger partial charge is 0.269 e. The zero-order chi connectivity index (χ0) is 18.6. The van der Waals surface area contributed by atoms with Crippen molar-refractivity contribution < 1.29 is 19.2 Å². The first-order valence-corrected chi connectivity index (χ1v) is 8.83. The highest BCUT2D eigenvalue weighted by molar-refractivity contribution is 9.10. The maximum absolute atomic E-state index is 12.8. The molecule has 7 heteroatoms. The predicted molar refractivity (Wildman–Crippen MR) is 93.3 cm³/mol. The Bertz CT molecular complexity index is 802. The van der Waals surface area contributed by atoms with E-state index in [1.54, 1.807) is 45.0 Å². The summed E-state index contributed by atoms with van der Waals surface area (Å²) < 4.78 is 0.828. The summed E-state index contributed by atoms with van der Waals surface area (Å²) in [7, 11) is 0. The number of Topliss-reactive ketones (excluding diaryl/α,β-unsaturated/α-hetero) is 2. The average molecular weight is 407 g/mol. The molecule has 2 amide bonds. The van der Waals surface area contributed by atoms with Crippen LogP contribution in [0.25, 0.3) is 0 Å². The van der Waals surface area contributed by atoms with Crippen molar-refractivity contribution in [2.75, 3.05) is 0 Å². The van der Waals surface area contributed by atoms with Crippen LogP contribution in [0.5, 0.6) is 0 Å². The summed E-state index contributed by atoms with van der Waals surface area (Å²) in [5.41, 5.74) is 2.00. The molecule has 2 bridgehead atoms. The van der Waals surface area contributed by atoms with Gasteiger partial charge in [-0.1, -0.05) is 36.7 Å². The molecule has 2 N–H and O–H groups in total. The minimum absolute atomic E-state index is 0.307. The van der Waals surface area contributed by atoms with Gasteiger partial charge in [-0.3, -0.25) is 30.0 Å². The van der Waals surface area contributed by atoms with E-state index >= 15 is 0 Å². The lowest BCUT2D eigenvalue weighted by molar-refractivity contribution is -0.149. The third kappa shape index (κ3) is 2.14. The lowest BCUT2D eigenvalue weighted by Gasteiger charge is -2.36. The van der Waals surface area contributed by atoms with Crippen molar-refractivity contribution >= 4 is 39.3 Å². The maximum atomic E-state index is 12.8. The van der Waals surface area contributed by atoms with E-state index in [1.165, 1.54) is 0 Å². The van der Waals surface area contributed by atoms with Gasteiger partial charge in [-0.2, -0.15) is 0 Å². The fourth-order valence-electron chi connectivity index (χ4n) is 4.17. The molecule has 0 spiro atoms. The quantitative estimate of drug-likeness (QED) is 0.447. The van der Waals surface area contributed by atoms with E-state index in [-0.39, 0.29) is 0 Å². The zero-order valence-corrected chi connectivity index (χ0v) is 15.8. The molecule has 0 aromatic heterocycles. The SMILES string of the molecule is CC12CCC(C(=O)NNC(=O)c3ccc(Br)cc3)(C(=O)C1=O)C2(C)C. The predicted octanol–water partition coefficient (Wildman–Crippen LogP) is 2.17. The van der Waals surface area contributed by atoms with Gasteiger partial charge < -0.3 is 0 Å². The van der Waals surface area contributed by atoms with Crippen LogP contribution in [-0.4, -0.2) is 23.4 Å². The second kappa shape index (κ2) is 5.49. The van der Waals surface area contributed by atoms with E-state index in [2.05, 4.69) is 26.8 Å². The van der Waals surface area contributed by atoms with Crippen LogP contribution in [-0.2, 0) is 14.4 Å². The fraction of sp³-hybridized carbons (Fsp3) is 0.444. The molecule has 25 heavy (non-hydrogen) atoms. The van der Waals surface area contributed by atoms with Crippen molar-refractivity contribution in [2.45, 2.75) is 33.6 Å². The van der Waals surface area contributed by atoms with Crippen molar-refractivity contribution in [3.05, 3.63) is 34.3 Å². The number of nitrogens with one attached hydrogen (secondary N) is 2. The zero-order valence-electron chi connectivity index (χ0n) is 14.2. The van der Waals surface area contributed by atoms with Gasteiger partial charge in [-0.25, -0.2) is 0 Å². The number of hydrogen-bond donors (Lipinski definition) is 2. The summed E-state index contributed by atoms with van der Waals surface area (Å²) in [4.78, 5) is 49.9. The molecule has 3 rings (SSSR count). The van der Waals surface area contributed by atoms with E-state index < -0.39 is 39.6 Å². The molecule has 2 unspecified atom stereocenters. The van der Waals surface area contributed by atoms with Gasteiger partial charge in [0, 0.05) is 15.5 Å². The number of benzene rings is 1. The normalized spacial score (nSPS) is 29.6. The van der Waals surface area contributed by atoms with Crippen LogP contribution in [0.3, 0.4) is 0 Å². The Morgan fingerprint density at radius 2 is 1.56 bits per heavy atom. The number of fused-ring (bicyclic) bond motifs is 2. The van der Waals surface area contributed by atoms with Gasteiger partial charge in [0.1, 0.15) is 5.41 Å². The molecule has 6 nitrogen and oxygen atoms in total. The maximum Gasteiger partial charge on any atom is 0.269 e. The Balaban J connectivity index is 1.79. The minimum atomic E-state index is -1.42. The number of carbonyl (C=O) groups is 4. The molecule has 0 heterocycles. The number of ketones is 2. The van der Waals surface area contributed by atoms with Crippen molar-refractivity contribution in [1.82, 2.24) is 10.9 Å². The number of rotatable bonds is 2. The van der Waals surface area contributed by atoms with Gasteiger partial charge >= 0.3 is 0 Å². The molecular formula is C18H19BrN2O4. The molecule has 2 aliphatic carbocycles. The number of halogens is 1. The lowest BCUT2D eigenvalue weighted by atomic mass is 9.64. The molecule has 2 fully saturated rings. The third-order valence-corrected chi connectivity index (χ3v) is 6.85.